The number of hydrogen-bond acceptors (Lipinski definition) is 6. The highest BCUT2D eigenvalue weighted by atomic mass is 16.5. The van der Waals surface area contributed by atoms with Crippen molar-refractivity contribution >= 4 is 29.5 Å². The first-order valence-corrected chi connectivity index (χ1v) is 8.19. The van der Waals surface area contributed by atoms with Crippen LogP contribution in [0, 0.1) is 28.6 Å². The Kier molecular flexibility index (Phi) is 6.51. The van der Waals surface area contributed by atoms with Crippen molar-refractivity contribution < 1.29 is 4.74 Å². The second-order valence-corrected chi connectivity index (χ2v) is 5.73. The molecule has 1 saturated heterocycles. The molecule has 146 valence electrons. The minimum absolute atomic E-state index is 0.234. The molecule has 0 saturated carbocycles. The fourth-order valence-corrected chi connectivity index (χ4v) is 2.59. The molecule has 1 aliphatic rings. The van der Waals surface area contributed by atoms with Gasteiger partial charge in [0.1, 0.15) is 0 Å². The molecule has 0 amide bonds. The SMILES string of the molecule is Cc1ccccc1N(C(=N)NC(=N)N)N(C(=N)NC(=N)N)N1CCOCC1. The normalized spacial score (nSPS) is 14.1. The van der Waals surface area contributed by atoms with Crippen molar-refractivity contribution in [2.75, 3.05) is 31.3 Å². The molecule has 0 bridgehead atoms. The summed E-state index contributed by atoms with van der Waals surface area (Å²) < 4.78 is 5.38. The minimum atomic E-state index is -0.411. The van der Waals surface area contributed by atoms with Crippen LogP contribution in [0.25, 0.3) is 0 Å². The summed E-state index contributed by atoms with van der Waals surface area (Å²) in [5, 5.41) is 41.2. The zero-order valence-electron chi connectivity index (χ0n) is 15.0. The van der Waals surface area contributed by atoms with Crippen LogP contribution >= 0.6 is 0 Å². The topological polar surface area (TPSA) is 190 Å². The van der Waals surface area contributed by atoms with Crippen LogP contribution in [0.15, 0.2) is 24.3 Å². The predicted molar refractivity (Wildman–Crippen MR) is 103 cm³/mol. The van der Waals surface area contributed by atoms with Crippen LogP contribution < -0.4 is 27.1 Å². The smallest absolute Gasteiger partial charge is 0.233 e. The van der Waals surface area contributed by atoms with E-state index in [1.807, 2.05) is 19.1 Å². The number of rotatable bonds is 2. The molecule has 10 N–H and O–H groups in total. The molecule has 0 aromatic heterocycles. The molecule has 1 fully saturated rings. The average molecular weight is 375 g/mol. The van der Waals surface area contributed by atoms with Gasteiger partial charge in [0.2, 0.25) is 11.9 Å². The standard InChI is InChI=1S/C15H25N11O/c1-10-4-2-3-5-11(10)25(14(20)22-12(16)17)26(15(21)23-13(18)19)24-6-8-27-9-7-24/h2-5H,6-9H2,1H3,(H5,16,17,20,22)(H5,18,19,21,23). The van der Waals surface area contributed by atoms with E-state index in [1.165, 1.54) is 10.1 Å². The number of nitrogens with zero attached hydrogens (tertiary/aromatic N) is 3. The van der Waals surface area contributed by atoms with E-state index in [-0.39, 0.29) is 11.9 Å². The van der Waals surface area contributed by atoms with E-state index in [4.69, 9.17) is 37.8 Å². The van der Waals surface area contributed by atoms with Gasteiger partial charge < -0.3 is 16.2 Å². The Morgan fingerprint density at radius 2 is 1.56 bits per heavy atom. The van der Waals surface area contributed by atoms with Crippen LogP contribution in [0.2, 0.25) is 0 Å². The van der Waals surface area contributed by atoms with Crippen LogP contribution in [0.1, 0.15) is 5.56 Å². The van der Waals surface area contributed by atoms with E-state index in [1.54, 1.807) is 17.1 Å². The van der Waals surface area contributed by atoms with Crippen LogP contribution in [0.4, 0.5) is 5.69 Å². The Bertz CT molecular complexity index is 728. The van der Waals surface area contributed by atoms with Gasteiger partial charge in [-0.05, 0) is 18.6 Å². The van der Waals surface area contributed by atoms with Crippen LogP contribution in [0.5, 0.6) is 0 Å². The van der Waals surface area contributed by atoms with Crippen molar-refractivity contribution in [2.24, 2.45) is 11.5 Å². The van der Waals surface area contributed by atoms with Crippen LogP contribution in [-0.4, -0.2) is 60.3 Å². The Labute approximate surface area is 157 Å². The van der Waals surface area contributed by atoms with Gasteiger partial charge >= 0.3 is 0 Å². The number of aryl methyl sites for hydroxylation is 1. The number of hydrogen-bond donors (Lipinski definition) is 8. The molecule has 12 nitrogen and oxygen atoms in total. The Balaban J connectivity index is 2.51. The van der Waals surface area contributed by atoms with E-state index < -0.39 is 11.9 Å². The molecule has 12 heteroatoms. The first kappa shape index (κ1) is 19.9. The zero-order chi connectivity index (χ0) is 20.0. The van der Waals surface area contributed by atoms with Crippen molar-refractivity contribution in [1.82, 2.24) is 20.8 Å². The third-order valence-corrected chi connectivity index (χ3v) is 3.71. The number of nitrogens with two attached hydrogens (primary N) is 2. The largest absolute Gasteiger partial charge is 0.379 e. The molecular weight excluding hydrogens is 350 g/mol. The van der Waals surface area contributed by atoms with E-state index in [0.717, 1.165) is 5.56 Å². The van der Waals surface area contributed by atoms with E-state index in [9.17, 15) is 0 Å². The lowest BCUT2D eigenvalue weighted by Gasteiger charge is -2.45. The first-order chi connectivity index (χ1) is 12.8. The summed E-state index contributed by atoms with van der Waals surface area (Å²) >= 11 is 0. The molecule has 1 aromatic rings. The van der Waals surface area contributed by atoms with Gasteiger partial charge in [-0.15, -0.1) is 0 Å². The summed E-state index contributed by atoms with van der Waals surface area (Å²) in [4.78, 5) is 0. The lowest BCUT2D eigenvalue weighted by Crippen LogP contribution is -2.66. The maximum Gasteiger partial charge on any atom is 0.233 e. The molecule has 0 spiro atoms. The molecule has 0 unspecified atom stereocenters. The Morgan fingerprint density at radius 1 is 1.00 bits per heavy atom. The maximum absolute atomic E-state index is 8.42. The molecular formula is C15H25N11O. The molecule has 1 aromatic carbocycles. The fourth-order valence-electron chi connectivity index (χ4n) is 2.59. The molecule has 27 heavy (non-hydrogen) atoms. The van der Waals surface area contributed by atoms with Crippen molar-refractivity contribution in [3.63, 3.8) is 0 Å². The molecule has 0 atom stereocenters. The number of guanidine groups is 4. The number of nitrogens with one attached hydrogen (secondary N) is 6. The minimum Gasteiger partial charge on any atom is -0.379 e. The van der Waals surface area contributed by atoms with Gasteiger partial charge in [-0.25, -0.2) is 5.01 Å². The third kappa shape index (κ3) is 5.05. The van der Waals surface area contributed by atoms with Gasteiger partial charge in [-0.2, -0.15) is 10.1 Å². The quantitative estimate of drug-likeness (QED) is 0.185. The highest BCUT2D eigenvalue weighted by molar-refractivity contribution is 6.06. The summed E-state index contributed by atoms with van der Waals surface area (Å²) in [6, 6.07) is 7.30. The van der Waals surface area contributed by atoms with Crippen LogP contribution in [-0.2, 0) is 4.74 Å². The zero-order valence-corrected chi connectivity index (χ0v) is 15.0. The van der Waals surface area contributed by atoms with Crippen molar-refractivity contribution in [1.29, 1.82) is 21.6 Å². The summed E-state index contributed by atoms with van der Waals surface area (Å²) in [6.07, 6.45) is 0. The molecule has 0 aliphatic carbocycles. The fraction of sp³-hybridized carbons (Fsp3) is 0.333. The second-order valence-electron chi connectivity index (χ2n) is 5.73. The van der Waals surface area contributed by atoms with Gasteiger partial charge in [0.05, 0.1) is 18.9 Å². The van der Waals surface area contributed by atoms with E-state index >= 15 is 0 Å². The lowest BCUT2D eigenvalue weighted by atomic mass is 10.2. The van der Waals surface area contributed by atoms with Crippen molar-refractivity contribution in [3.05, 3.63) is 29.8 Å². The number of benzene rings is 1. The number of anilines is 1. The number of hydrazine groups is 2. The predicted octanol–water partition coefficient (Wildman–Crippen LogP) is -0.899. The van der Waals surface area contributed by atoms with Gasteiger partial charge in [0.25, 0.3) is 0 Å². The van der Waals surface area contributed by atoms with Gasteiger partial charge in [-0.3, -0.25) is 32.3 Å². The number of morpholine rings is 1. The van der Waals surface area contributed by atoms with E-state index in [2.05, 4.69) is 10.6 Å². The Morgan fingerprint density at radius 3 is 2.11 bits per heavy atom. The highest BCUT2D eigenvalue weighted by Gasteiger charge is 2.31. The van der Waals surface area contributed by atoms with Crippen molar-refractivity contribution in [2.45, 2.75) is 6.92 Å². The molecule has 0 radical (unpaired) electrons. The highest BCUT2D eigenvalue weighted by Crippen LogP contribution is 2.23. The third-order valence-electron chi connectivity index (χ3n) is 3.71. The molecule has 1 heterocycles. The van der Waals surface area contributed by atoms with Crippen molar-refractivity contribution in [3.8, 4) is 0 Å². The van der Waals surface area contributed by atoms with Crippen LogP contribution in [0.3, 0.4) is 0 Å². The second kappa shape index (κ2) is 8.82. The summed E-state index contributed by atoms with van der Waals surface area (Å²) in [7, 11) is 0. The summed E-state index contributed by atoms with van der Waals surface area (Å²) in [6.45, 7) is 3.66. The maximum atomic E-state index is 8.42. The first-order valence-electron chi connectivity index (χ1n) is 8.19. The van der Waals surface area contributed by atoms with Gasteiger partial charge in [-0.1, -0.05) is 18.2 Å². The lowest BCUT2D eigenvalue weighted by molar-refractivity contribution is -0.0510. The molecule has 1 aliphatic heterocycles. The summed E-state index contributed by atoms with van der Waals surface area (Å²) in [5.74, 6) is -1.29. The summed E-state index contributed by atoms with van der Waals surface area (Å²) in [5.41, 5.74) is 12.2. The monoisotopic (exact) mass is 375 g/mol. The number of ether oxygens (including phenoxy) is 1. The van der Waals surface area contributed by atoms with Gasteiger partial charge in [0.15, 0.2) is 11.9 Å². The van der Waals surface area contributed by atoms with E-state index in [0.29, 0.717) is 32.0 Å². The number of para-hydroxylation sites is 1. The average Bonchev–Trinajstić information content (AvgIpc) is 2.59. The Hall–Kier alpha value is -3.38. The van der Waals surface area contributed by atoms with Gasteiger partial charge in [0, 0.05) is 13.1 Å². The molecule has 2 rings (SSSR count).